The first-order valence-electron chi connectivity index (χ1n) is 9.88. The molecule has 29 heavy (non-hydrogen) atoms. The SMILES string of the molecule is CC(=O)C(N)c1ccc(N(NC(=O)O)c2c(C)cccc2N2CCCCC2)cc1. The van der Waals surface area contributed by atoms with E-state index in [1.54, 1.807) is 29.3 Å². The Kier molecular flexibility index (Phi) is 6.39. The number of carboxylic acid groups (broad SMARTS) is 1. The molecule has 2 aromatic carbocycles. The highest BCUT2D eigenvalue weighted by atomic mass is 16.4. The first-order chi connectivity index (χ1) is 13.9. The van der Waals surface area contributed by atoms with Crippen molar-refractivity contribution in [2.45, 2.75) is 39.2 Å². The lowest BCUT2D eigenvalue weighted by molar-refractivity contribution is -0.118. The Bertz CT molecular complexity index is 876. The monoisotopic (exact) mass is 396 g/mol. The summed E-state index contributed by atoms with van der Waals surface area (Å²) in [5.74, 6) is -0.121. The molecule has 1 heterocycles. The number of amides is 1. The number of piperidine rings is 1. The van der Waals surface area contributed by atoms with Crippen molar-refractivity contribution in [2.75, 3.05) is 23.0 Å². The molecule has 1 atom stereocenters. The van der Waals surface area contributed by atoms with Gasteiger partial charge in [0.1, 0.15) is 0 Å². The van der Waals surface area contributed by atoms with Crippen LogP contribution in [-0.4, -0.2) is 30.1 Å². The third-order valence-corrected chi connectivity index (χ3v) is 5.29. The van der Waals surface area contributed by atoms with Crippen LogP contribution in [0.2, 0.25) is 0 Å². The van der Waals surface area contributed by atoms with Crippen molar-refractivity contribution in [3.63, 3.8) is 0 Å². The summed E-state index contributed by atoms with van der Waals surface area (Å²) in [7, 11) is 0. The minimum atomic E-state index is -1.15. The molecule has 7 nitrogen and oxygen atoms in total. The number of hydrazine groups is 1. The second-order valence-electron chi connectivity index (χ2n) is 7.42. The number of anilines is 3. The van der Waals surface area contributed by atoms with Crippen LogP contribution in [0.4, 0.5) is 21.9 Å². The van der Waals surface area contributed by atoms with Crippen LogP contribution in [0.15, 0.2) is 42.5 Å². The van der Waals surface area contributed by atoms with Crippen LogP contribution >= 0.6 is 0 Å². The maximum Gasteiger partial charge on any atom is 0.423 e. The van der Waals surface area contributed by atoms with Gasteiger partial charge in [0, 0.05) is 13.1 Å². The molecule has 1 amide bonds. The average molecular weight is 396 g/mol. The van der Waals surface area contributed by atoms with Gasteiger partial charge in [0.05, 0.1) is 23.1 Å². The number of hydrogen-bond acceptors (Lipinski definition) is 5. The highest BCUT2D eigenvalue weighted by molar-refractivity contribution is 5.84. The van der Waals surface area contributed by atoms with E-state index in [1.807, 2.05) is 25.1 Å². The predicted octanol–water partition coefficient (Wildman–Crippen LogP) is 3.89. The summed E-state index contributed by atoms with van der Waals surface area (Å²) in [4.78, 5) is 25.5. The number of benzene rings is 2. The van der Waals surface area contributed by atoms with Gasteiger partial charge < -0.3 is 15.7 Å². The van der Waals surface area contributed by atoms with Crippen LogP contribution in [0.25, 0.3) is 0 Å². The summed E-state index contributed by atoms with van der Waals surface area (Å²) in [6.45, 7) is 5.32. The number of hydrogen-bond donors (Lipinski definition) is 3. The van der Waals surface area contributed by atoms with E-state index in [4.69, 9.17) is 5.73 Å². The van der Waals surface area contributed by atoms with E-state index in [2.05, 4.69) is 10.3 Å². The molecule has 0 radical (unpaired) electrons. The molecule has 1 aliphatic rings. The summed E-state index contributed by atoms with van der Waals surface area (Å²) < 4.78 is 0. The average Bonchev–Trinajstić information content (AvgIpc) is 2.72. The van der Waals surface area contributed by atoms with Gasteiger partial charge in [0.2, 0.25) is 0 Å². The zero-order valence-electron chi connectivity index (χ0n) is 16.9. The minimum absolute atomic E-state index is 0.121. The fraction of sp³-hybridized carbons (Fsp3) is 0.364. The number of para-hydroxylation sites is 1. The topological polar surface area (TPSA) is 98.9 Å². The Morgan fingerprint density at radius 1 is 1.10 bits per heavy atom. The van der Waals surface area contributed by atoms with Gasteiger partial charge in [-0.3, -0.25) is 4.79 Å². The summed E-state index contributed by atoms with van der Waals surface area (Å²) >= 11 is 0. The molecule has 1 saturated heterocycles. The second-order valence-corrected chi connectivity index (χ2v) is 7.42. The molecular formula is C22H28N4O3. The van der Waals surface area contributed by atoms with Gasteiger partial charge in [-0.15, -0.1) is 0 Å². The van der Waals surface area contributed by atoms with Gasteiger partial charge in [0.15, 0.2) is 5.78 Å². The van der Waals surface area contributed by atoms with Crippen LogP contribution in [0.3, 0.4) is 0 Å². The Hall–Kier alpha value is -3.06. The number of ketones is 1. The number of nitrogens with one attached hydrogen (secondary N) is 1. The highest BCUT2D eigenvalue weighted by Gasteiger charge is 2.23. The van der Waals surface area contributed by atoms with E-state index in [0.29, 0.717) is 11.3 Å². The van der Waals surface area contributed by atoms with E-state index in [1.165, 1.54) is 13.3 Å². The number of rotatable bonds is 6. The van der Waals surface area contributed by atoms with Crippen LogP contribution in [-0.2, 0) is 4.79 Å². The van der Waals surface area contributed by atoms with Crippen LogP contribution in [0, 0.1) is 6.92 Å². The van der Waals surface area contributed by atoms with E-state index < -0.39 is 12.1 Å². The van der Waals surface area contributed by atoms with E-state index in [9.17, 15) is 14.7 Å². The molecule has 2 aromatic rings. The molecule has 0 aromatic heterocycles. The Balaban J connectivity index is 2.03. The van der Waals surface area contributed by atoms with Gasteiger partial charge in [-0.1, -0.05) is 24.3 Å². The summed E-state index contributed by atoms with van der Waals surface area (Å²) in [6.07, 6.45) is 2.31. The fourth-order valence-electron chi connectivity index (χ4n) is 3.73. The lowest BCUT2D eigenvalue weighted by Gasteiger charge is -2.35. The van der Waals surface area contributed by atoms with Gasteiger partial charge in [0.25, 0.3) is 0 Å². The molecule has 0 spiro atoms. The van der Waals surface area contributed by atoms with Crippen LogP contribution in [0.5, 0.6) is 0 Å². The van der Waals surface area contributed by atoms with Crippen LogP contribution < -0.4 is 21.1 Å². The van der Waals surface area contributed by atoms with Gasteiger partial charge in [-0.2, -0.15) is 0 Å². The lowest BCUT2D eigenvalue weighted by Crippen LogP contribution is -2.40. The quantitative estimate of drug-likeness (QED) is 0.641. The first-order valence-corrected chi connectivity index (χ1v) is 9.88. The standard InChI is InChI=1S/C22H28N4O3/c1-15-7-6-8-19(25-13-4-3-5-14-25)21(15)26(24-22(28)29)18-11-9-17(10-12-18)20(23)16(2)27/h6-12,20,24H,3-5,13-14,23H2,1-2H3,(H,28,29). The second kappa shape index (κ2) is 8.96. The summed E-state index contributed by atoms with van der Waals surface area (Å²) in [5.41, 5.74) is 12.6. The zero-order chi connectivity index (χ0) is 21.0. The van der Waals surface area contributed by atoms with E-state index in [-0.39, 0.29) is 5.78 Å². The minimum Gasteiger partial charge on any atom is -0.464 e. The van der Waals surface area contributed by atoms with Crippen molar-refractivity contribution >= 4 is 28.9 Å². The molecule has 0 saturated carbocycles. The van der Waals surface area contributed by atoms with Crippen molar-refractivity contribution in [1.29, 1.82) is 0 Å². The normalized spacial score (nSPS) is 14.9. The molecule has 1 aliphatic heterocycles. The van der Waals surface area contributed by atoms with Gasteiger partial charge in [-0.25, -0.2) is 15.2 Å². The third kappa shape index (κ3) is 4.68. The lowest BCUT2D eigenvalue weighted by atomic mass is 10.0. The van der Waals surface area contributed by atoms with E-state index >= 15 is 0 Å². The highest BCUT2D eigenvalue weighted by Crippen LogP contribution is 2.37. The number of aryl methyl sites for hydroxylation is 1. The van der Waals surface area contributed by atoms with E-state index in [0.717, 1.165) is 42.9 Å². The molecule has 0 aliphatic carbocycles. The third-order valence-electron chi connectivity index (χ3n) is 5.29. The number of nitrogens with two attached hydrogens (primary N) is 1. The van der Waals surface area contributed by atoms with Crippen molar-refractivity contribution in [3.05, 3.63) is 53.6 Å². The van der Waals surface area contributed by atoms with Crippen molar-refractivity contribution in [3.8, 4) is 0 Å². The molecule has 0 bridgehead atoms. The number of Topliss-reactive ketones (excluding diaryl/α,β-unsaturated/α-hetero) is 1. The molecule has 7 heteroatoms. The van der Waals surface area contributed by atoms with Gasteiger partial charge >= 0.3 is 6.09 Å². The van der Waals surface area contributed by atoms with Crippen molar-refractivity contribution < 1.29 is 14.7 Å². The Morgan fingerprint density at radius 3 is 2.34 bits per heavy atom. The summed E-state index contributed by atoms with van der Waals surface area (Å²) in [6, 6.07) is 12.4. The number of nitrogens with zero attached hydrogens (tertiary/aromatic N) is 2. The fourth-order valence-corrected chi connectivity index (χ4v) is 3.73. The Morgan fingerprint density at radius 2 is 1.76 bits per heavy atom. The molecular weight excluding hydrogens is 368 g/mol. The molecule has 1 fully saturated rings. The maximum atomic E-state index is 11.6. The molecule has 4 N–H and O–H groups in total. The number of carbonyl (C=O) groups is 2. The zero-order valence-corrected chi connectivity index (χ0v) is 16.9. The first kappa shape index (κ1) is 20.7. The molecule has 1 unspecified atom stereocenters. The Labute approximate surface area is 171 Å². The molecule has 3 rings (SSSR count). The smallest absolute Gasteiger partial charge is 0.423 e. The predicted molar refractivity (Wildman–Crippen MR) is 115 cm³/mol. The van der Waals surface area contributed by atoms with Crippen molar-refractivity contribution in [2.24, 2.45) is 5.73 Å². The number of carbonyl (C=O) groups excluding carboxylic acids is 1. The molecule has 154 valence electrons. The largest absolute Gasteiger partial charge is 0.464 e. The van der Waals surface area contributed by atoms with Crippen LogP contribution in [0.1, 0.15) is 43.4 Å². The summed E-state index contributed by atoms with van der Waals surface area (Å²) in [5, 5.41) is 11.1. The maximum absolute atomic E-state index is 11.6. The van der Waals surface area contributed by atoms with Crippen molar-refractivity contribution in [1.82, 2.24) is 5.43 Å². The van der Waals surface area contributed by atoms with Gasteiger partial charge in [-0.05, 0) is 62.4 Å².